The van der Waals surface area contributed by atoms with Crippen LogP contribution >= 0.6 is 11.6 Å². The lowest BCUT2D eigenvalue weighted by molar-refractivity contribution is 0.0816. The molecule has 4 heteroatoms. The largest absolute Gasteiger partial charge is 0.392 e. The molecule has 1 aromatic rings. The van der Waals surface area contributed by atoms with Crippen molar-refractivity contribution >= 4 is 11.6 Å². The van der Waals surface area contributed by atoms with Crippen LogP contribution in [-0.4, -0.2) is 21.2 Å². The minimum atomic E-state index is -0.284. The van der Waals surface area contributed by atoms with Gasteiger partial charge in [0.25, 0.3) is 0 Å². The van der Waals surface area contributed by atoms with Gasteiger partial charge in [-0.05, 0) is 31.2 Å². The number of halogens is 1. The summed E-state index contributed by atoms with van der Waals surface area (Å²) >= 11 is 5.85. The van der Waals surface area contributed by atoms with Crippen molar-refractivity contribution in [3.63, 3.8) is 0 Å². The highest BCUT2D eigenvalue weighted by Gasteiger charge is 2.30. The lowest BCUT2D eigenvalue weighted by atomic mass is 9.77. The molecule has 0 radical (unpaired) electrons. The quantitative estimate of drug-likeness (QED) is 0.809. The maximum atomic E-state index is 10.0. The molecule has 1 aliphatic carbocycles. The van der Waals surface area contributed by atoms with Gasteiger partial charge in [-0.1, -0.05) is 24.9 Å². The van der Waals surface area contributed by atoms with Gasteiger partial charge in [-0.15, -0.1) is 0 Å². The Bertz CT molecular complexity index is 359. The van der Waals surface area contributed by atoms with Gasteiger partial charge in [-0.25, -0.2) is 9.97 Å². The Morgan fingerprint density at radius 3 is 2.94 bits per heavy atom. The van der Waals surface area contributed by atoms with Crippen LogP contribution in [0.5, 0.6) is 0 Å². The van der Waals surface area contributed by atoms with Crippen LogP contribution in [0.25, 0.3) is 0 Å². The van der Waals surface area contributed by atoms with Gasteiger partial charge < -0.3 is 5.11 Å². The van der Waals surface area contributed by atoms with Gasteiger partial charge in [0.15, 0.2) is 0 Å². The van der Waals surface area contributed by atoms with E-state index in [1.165, 1.54) is 12.7 Å². The molecule has 0 bridgehead atoms. The molecular formula is C12H17ClN2O. The van der Waals surface area contributed by atoms with E-state index >= 15 is 0 Å². The number of hydrogen-bond donors (Lipinski definition) is 1. The summed E-state index contributed by atoms with van der Waals surface area (Å²) in [6.45, 7) is 2.20. The number of aromatic nitrogens is 2. The summed E-state index contributed by atoms with van der Waals surface area (Å²) in [5.74, 6) is 0.821. The molecule has 1 aromatic heterocycles. The second-order valence-electron chi connectivity index (χ2n) is 4.53. The van der Waals surface area contributed by atoms with Gasteiger partial charge in [-0.2, -0.15) is 0 Å². The Labute approximate surface area is 101 Å². The second-order valence-corrected chi connectivity index (χ2v) is 4.91. The molecular weight excluding hydrogens is 224 g/mol. The van der Waals surface area contributed by atoms with E-state index in [4.69, 9.17) is 11.6 Å². The first kappa shape index (κ1) is 11.8. The summed E-state index contributed by atoms with van der Waals surface area (Å²) < 4.78 is 0. The van der Waals surface area contributed by atoms with Crippen LogP contribution in [0.15, 0.2) is 12.4 Å². The Morgan fingerprint density at radius 2 is 2.25 bits per heavy atom. The van der Waals surface area contributed by atoms with Gasteiger partial charge in [0.1, 0.15) is 11.5 Å². The van der Waals surface area contributed by atoms with Gasteiger partial charge >= 0.3 is 0 Å². The van der Waals surface area contributed by atoms with Crippen molar-refractivity contribution in [2.45, 2.75) is 44.6 Å². The van der Waals surface area contributed by atoms with Gasteiger partial charge in [-0.3, -0.25) is 0 Å². The van der Waals surface area contributed by atoms with E-state index in [1.807, 2.05) is 0 Å². The lowest BCUT2D eigenvalue weighted by Gasteiger charge is -2.32. The summed E-state index contributed by atoms with van der Waals surface area (Å²) in [6, 6.07) is 1.77. The zero-order valence-corrected chi connectivity index (χ0v) is 10.2. The predicted octanol–water partition coefficient (Wildman–Crippen LogP) is 2.78. The van der Waals surface area contributed by atoms with Crippen molar-refractivity contribution in [3.8, 4) is 0 Å². The second kappa shape index (κ2) is 5.11. The van der Waals surface area contributed by atoms with Crippen LogP contribution in [0.4, 0.5) is 0 Å². The molecule has 1 N–H and O–H groups in total. The number of hydrogen-bond acceptors (Lipinski definition) is 3. The van der Waals surface area contributed by atoms with Crippen molar-refractivity contribution < 1.29 is 5.11 Å². The summed E-state index contributed by atoms with van der Waals surface area (Å²) in [5, 5.41) is 10.5. The number of rotatable bonds is 2. The first-order chi connectivity index (χ1) is 7.70. The topological polar surface area (TPSA) is 46.0 Å². The van der Waals surface area contributed by atoms with Crippen molar-refractivity contribution in [3.05, 3.63) is 23.2 Å². The summed E-state index contributed by atoms with van der Waals surface area (Å²) in [7, 11) is 0. The molecule has 0 aliphatic heterocycles. The molecule has 0 saturated heterocycles. The third kappa shape index (κ3) is 2.53. The number of nitrogens with zero attached hydrogens (tertiary/aromatic N) is 2. The van der Waals surface area contributed by atoms with E-state index in [9.17, 15) is 5.11 Å². The van der Waals surface area contributed by atoms with Crippen molar-refractivity contribution in [1.82, 2.24) is 9.97 Å². The first-order valence-corrected chi connectivity index (χ1v) is 6.24. The monoisotopic (exact) mass is 240 g/mol. The SMILES string of the molecule is CCC1CCC(O)C(c2cc(Cl)ncn2)C1. The Balaban J connectivity index is 2.17. The molecule has 3 atom stereocenters. The van der Waals surface area contributed by atoms with E-state index in [-0.39, 0.29) is 12.0 Å². The minimum absolute atomic E-state index is 0.124. The minimum Gasteiger partial charge on any atom is -0.392 e. The van der Waals surface area contributed by atoms with Crippen LogP contribution in [0.3, 0.4) is 0 Å². The Hall–Kier alpha value is -0.670. The van der Waals surface area contributed by atoms with Crippen molar-refractivity contribution in [2.75, 3.05) is 0 Å². The summed E-state index contributed by atoms with van der Waals surface area (Å²) in [5.41, 5.74) is 0.880. The van der Waals surface area contributed by atoms with E-state index < -0.39 is 0 Å². The summed E-state index contributed by atoms with van der Waals surface area (Å²) in [6.07, 6.45) is 5.35. The van der Waals surface area contributed by atoms with Gasteiger partial charge in [0.2, 0.25) is 0 Å². The van der Waals surface area contributed by atoms with Crippen molar-refractivity contribution in [1.29, 1.82) is 0 Å². The highest BCUT2D eigenvalue weighted by Crippen LogP contribution is 2.37. The molecule has 2 rings (SSSR count). The van der Waals surface area contributed by atoms with Gasteiger partial charge in [0, 0.05) is 5.92 Å². The van der Waals surface area contributed by atoms with Crippen LogP contribution in [0.2, 0.25) is 5.15 Å². The molecule has 1 fully saturated rings. The molecule has 0 amide bonds. The maximum Gasteiger partial charge on any atom is 0.132 e. The molecule has 0 aromatic carbocycles. The van der Waals surface area contributed by atoms with E-state index in [0.717, 1.165) is 25.0 Å². The average Bonchev–Trinajstić information content (AvgIpc) is 2.30. The van der Waals surface area contributed by atoms with E-state index in [0.29, 0.717) is 11.1 Å². The van der Waals surface area contributed by atoms with E-state index in [2.05, 4.69) is 16.9 Å². The molecule has 3 unspecified atom stereocenters. The molecule has 1 heterocycles. The van der Waals surface area contributed by atoms with Crippen LogP contribution in [0.1, 0.15) is 44.2 Å². The third-order valence-corrected chi connectivity index (χ3v) is 3.74. The van der Waals surface area contributed by atoms with Crippen LogP contribution < -0.4 is 0 Å². The van der Waals surface area contributed by atoms with Gasteiger partial charge in [0.05, 0.1) is 11.8 Å². The highest BCUT2D eigenvalue weighted by molar-refractivity contribution is 6.29. The molecule has 16 heavy (non-hydrogen) atoms. The third-order valence-electron chi connectivity index (χ3n) is 3.53. The number of aliphatic hydroxyl groups excluding tert-OH is 1. The fourth-order valence-corrected chi connectivity index (χ4v) is 2.64. The van der Waals surface area contributed by atoms with Crippen molar-refractivity contribution in [2.24, 2.45) is 5.92 Å². The zero-order chi connectivity index (χ0) is 11.5. The van der Waals surface area contributed by atoms with E-state index in [1.54, 1.807) is 6.07 Å². The first-order valence-electron chi connectivity index (χ1n) is 5.86. The van der Waals surface area contributed by atoms with Crippen LogP contribution in [0, 0.1) is 5.92 Å². The fourth-order valence-electron chi connectivity index (χ4n) is 2.48. The average molecular weight is 241 g/mol. The summed E-state index contributed by atoms with van der Waals surface area (Å²) in [4.78, 5) is 8.10. The molecule has 0 spiro atoms. The Morgan fingerprint density at radius 1 is 1.44 bits per heavy atom. The standard InChI is InChI=1S/C12H17ClN2O/c1-2-8-3-4-11(16)9(5-8)10-6-12(13)15-7-14-10/h6-9,11,16H,2-5H2,1H3. The molecule has 88 valence electrons. The molecule has 1 aliphatic rings. The highest BCUT2D eigenvalue weighted by atomic mass is 35.5. The number of aliphatic hydroxyl groups is 1. The maximum absolute atomic E-state index is 10.0. The predicted molar refractivity (Wildman–Crippen MR) is 63.4 cm³/mol. The fraction of sp³-hybridized carbons (Fsp3) is 0.667. The normalized spacial score (nSPS) is 30.3. The molecule has 1 saturated carbocycles. The molecule has 3 nitrogen and oxygen atoms in total. The smallest absolute Gasteiger partial charge is 0.132 e. The zero-order valence-electron chi connectivity index (χ0n) is 9.43. The Kier molecular flexibility index (Phi) is 3.77. The lowest BCUT2D eigenvalue weighted by Crippen LogP contribution is -2.28. The van der Waals surface area contributed by atoms with Crippen LogP contribution in [-0.2, 0) is 0 Å².